The van der Waals surface area contributed by atoms with Crippen LogP contribution in [0.25, 0.3) is 0 Å². The van der Waals surface area contributed by atoms with Crippen molar-refractivity contribution in [3.05, 3.63) is 0 Å². The zero-order chi connectivity index (χ0) is 7.21. The van der Waals surface area contributed by atoms with Gasteiger partial charge in [-0.3, -0.25) is 8.42 Å². The maximum absolute atomic E-state index is 8.52. The van der Waals surface area contributed by atoms with E-state index in [1.165, 1.54) is 0 Å². The Labute approximate surface area is 70.6 Å². The second-order valence-electron chi connectivity index (χ2n) is 0.724. The molecule has 0 spiro atoms. The van der Waals surface area contributed by atoms with Crippen LogP contribution in [0.15, 0.2) is 0 Å². The molecule has 7 heteroatoms. The molecule has 2 radical (unpaired) electrons. The SMILES string of the molecule is CCO.O=S(=O)([O-])[O-].[Sn+2]. The zero-order valence-corrected chi connectivity index (χ0v) is 8.37. The summed E-state index contributed by atoms with van der Waals surface area (Å²) in [6.07, 6.45) is 0. The molecule has 0 heterocycles. The normalized spacial score (nSPS) is 8.44. The van der Waals surface area contributed by atoms with Gasteiger partial charge in [-0.25, -0.2) is 0 Å². The molecular weight excluding hydrogens is 255 g/mol. The predicted molar refractivity (Wildman–Crippen MR) is 29.0 cm³/mol. The van der Waals surface area contributed by atoms with E-state index in [1.807, 2.05) is 0 Å². The number of aliphatic hydroxyl groups excluding tert-OH is 1. The molecule has 0 rings (SSSR count). The van der Waals surface area contributed by atoms with E-state index in [2.05, 4.69) is 0 Å². The molecule has 0 aliphatic heterocycles. The van der Waals surface area contributed by atoms with Gasteiger partial charge in [0.1, 0.15) is 0 Å². The third-order valence-corrected chi connectivity index (χ3v) is 0. The van der Waals surface area contributed by atoms with Gasteiger partial charge in [-0.2, -0.15) is 0 Å². The molecule has 0 amide bonds. The van der Waals surface area contributed by atoms with E-state index in [1.54, 1.807) is 6.92 Å². The summed E-state index contributed by atoms with van der Waals surface area (Å²) in [4.78, 5) is 0. The molecule has 54 valence electrons. The van der Waals surface area contributed by atoms with E-state index in [0.717, 1.165) is 0 Å². The van der Waals surface area contributed by atoms with Crippen molar-refractivity contribution in [1.82, 2.24) is 0 Å². The summed E-state index contributed by atoms with van der Waals surface area (Å²) in [5.41, 5.74) is 0. The van der Waals surface area contributed by atoms with Crippen molar-refractivity contribution in [3.63, 3.8) is 0 Å². The summed E-state index contributed by atoms with van der Waals surface area (Å²) in [5, 5.41) is 7.57. The molecule has 5 nitrogen and oxygen atoms in total. The number of hydrogen-bond acceptors (Lipinski definition) is 5. The van der Waals surface area contributed by atoms with Gasteiger partial charge in [-0.15, -0.1) is 0 Å². The summed E-state index contributed by atoms with van der Waals surface area (Å²) in [7, 11) is -5.17. The Kier molecular flexibility index (Phi) is 15.6. The Morgan fingerprint density at radius 2 is 1.44 bits per heavy atom. The third kappa shape index (κ3) is 959. The van der Waals surface area contributed by atoms with Gasteiger partial charge in [0.15, 0.2) is 0 Å². The summed E-state index contributed by atoms with van der Waals surface area (Å²) < 4.78 is 34.1. The van der Waals surface area contributed by atoms with Gasteiger partial charge in [0.25, 0.3) is 0 Å². The number of rotatable bonds is 0. The maximum Gasteiger partial charge on any atom is 2.00 e. The molecule has 0 aromatic rings. The van der Waals surface area contributed by atoms with Crippen molar-refractivity contribution in [2.24, 2.45) is 0 Å². The second-order valence-corrected chi connectivity index (χ2v) is 1.54. The van der Waals surface area contributed by atoms with Crippen molar-refractivity contribution >= 4 is 34.3 Å². The van der Waals surface area contributed by atoms with Gasteiger partial charge >= 0.3 is 23.9 Å². The fraction of sp³-hybridized carbons (Fsp3) is 1.00. The van der Waals surface area contributed by atoms with Crippen molar-refractivity contribution in [2.75, 3.05) is 6.61 Å². The summed E-state index contributed by atoms with van der Waals surface area (Å²) in [5.74, 6) is 0. The van der Waals surface area contributed by atoms with Gasteiger partial charge in [0.05, 0.1) is 0 Å². The van der Waals surface area contributed by atoms with Crippen molar-refractivity contribution in [2.45, 2.75) is 6.92 Å². The monoisotopic (exact) mass is 262 g/mol. The van der Waals surface area contributed by atoms with Crippen molar-refractivity contribution < 1.29 is 22.6 Å². The largest absolute Gasteiger partial charge is 2.00 e. The topological polar surface area (TPSA) is 100 Å². The Morgan fingerprint density at radius 1 is 1.44 bits per heavy atom. The second kappa shape index (κ2) is 8.63. The van der Waals surface area contributed by atoms with Crippen LogP contribution < -0.4 is 0 Å². The minimum Gasteiger partial charge on any atom is -0.759 e. The minimum atomic E-state index is -5.17. The van der Waals surface area contributed by atoms with Crippen LogP contribution in [-0.4, -0.2) is 53.1 Å². The molecule has 0 aromatic carbocycles. The van der Waals surface area contributed by atoms with Crippen LogP contribution in [0.3, 0.4) is 0 Å². The first-order valence-corrected chi connectivity index (χ1v) is 3.02. The predicted octanol–water partition coefficient (Wildman–Crippen LogP) is -1.72. The number of hydrogen-bond donors (Lipinski definition) is 1. The maximum atomic E-state index is 8.52. The molecule has 0 aliphatic carbocycles. The Hall–Kier alpha value is 0.629. The van der Waals surface area contributed by atoms with Gasteiger partial charge < -0.3 is 14.2 Å². The first-order valence-electron chi connectivity index (χ1n) is 1.69. The molecule has 9 heavy (non-hydrogen) atoms. The quantitative estimate of drug-likeness (QED) is 0.317. The van der Waals surface area contributed by atoms with Gasteiger partial charge in [0, 0.05) is 17.0 Å². The molecule has 1 N–H and O–H groups in total. The Bertz CT molecular complexity index is 109. The van der Waals surface area contributed by atoms with E-state index < -0.39 is 10.4 Å². The molecular formula is C2H6O5SSn. The first-order chi connectivity index (χ1) is 3.41. The standard InChI is InChI=1S/C2H6O.H2O4S.Sn/c1-2-3;1-5(2,3)4;/h3H,2H2,1H3;(H2,1,2,3,4);/q;;+2/p-2. The smallest absolute Gasteiger partial charge is 0.759 e. The summed E-state index contributed by atoms with van der Waals surface area (Å²) in [6.45, 7) is 1.93. The van der Waals surface area contributed by atoms with Crippen LogP contribution in [0.1, 0.15) is 6.92 Å². The molecule has 0 saturated carbocycles. The molecule has 0 fully saturated rings. The van der Waals surface area contributed by atoms with Crippen LogP contribution in [0.4, 0.5) is 0 Å². The van der Waals surface area contributed by atoms with E-state index in [-0.39, 0.29) is 30.5 Å². The molecule has 0 saturated heterocycles. The van der Waals surface area contributed by atoms with Crippen LogP contribution in [0.2, 0.25) is 0 Å². The van der Waals surface area contributed by atoms with E-state index in [9.17, 15) is 0 Å². The molecule has 0 unspecified atom stereocenters. The zero-order valence-electron chi connectivity index (χ0n) is 4.70. The van der Waals surface area contributed by atoms with Crippen LogP contribution in [-0.2, 0) is 10.4 Å². The molecule has 0 aromatic heterocycles. The van der Waals surface area contributed by atoms with Crippen LogP contribution >= 0.6 is 0 Å². The Balaban J connectivity index is -0.0000000800. The van der Waals surface area contributed by atoms with Crippen LogP contribution in [0, 0.1) is 0 Å². The molecule has 0 aliphatic rings. The number of aliphatic hydroxyl groups is 1. The molecule has 0 atom stereocenters. The first kappa shape index (κ1) is 16.3. The van der Waals surface area contributed by atoms with Crippen molar-refractivity contribution in [1.29, 1.82) is 0 Å². The van der Waals surface area contributed by atoms with Gasteiger partial charge in [-0.1, -0.05) is 0 Å². The van der Waals surface area contributed by atoms with Gasteiger partial charge in [0.2, 0.25) is 0 Å². The summed E-state index contributed by atoms with van der Waals surface area (Å²) in [6, 6.07) is 0. The van der Waals surface area contributed by atoms with E-state index in [4.69, 9.17) is 22.6 Å². The van der Waals surface area contributed by atoms with Gasteiger partial charge in [-0.05, 0) is 6.92 Å². The fourth-order valence-corrected chi connectivity index (χ4v) is 0. The van der Waals surface area contributed by atoms with Crippen molar-refractivity contribution in [3.8, 4) is 0 Å². The minimum absolute atomic E-state index is 0. The van der Waals surface area contributed by atoms with E-state index >= 15 is 0 Å². The average molecular weight is 261 g/mol. The van der Waals surface area contributed by atoms with Crippen LogP contribution in [0.5, 0.6) is 0 Å². The average Bonchev–Trinajstić information content (AvgIpc) is 1.27. The fourth-order valence-electron chi connectivity index (χ4n) is 0. The Morgan fingerprint density at radius 3 is 1.44 bits per heavy atom. The molecule has 0 bridgehead atoms. The third-order valence-electron chi connectivity index (χ3n) is 0. The van der Waals surface area contributed by atoms with E-state index in [0.29, 0.717) is 0 Å². The summed E-state index contributed by atoms with van der Waals surface area (Å²) >= 11 is 0.